The first kappa shape index (κ1) is 15.2. The van der Waals surface area contributed by atoms with Crippen LogP contribution in [0.3, 0.4) is 0 Å². The maximum atomic E-state index is 11.7. The molecule has 108 valence electrons. The summed E-state index contributed by atoms with van der Waals surface area (Å²) in [6.07, 6.45) is 1.11. The van der Waals surface area contributed by atoms with E-state index < -0.39 is 15.1 Å². The molecule has 8 heteroatoms. The van der Waals surface area contributed by atoms with Gasteiger partial charge in [-0.3, -0.25) is 0 Å². The van der Waals surface area contributed by atoms with Crippen molar-refractivity contribution in [2.75, 3.05) is 12.0 Å². The lowest BCUT2D eigenvalue weighted by Crippen LogP contribution is -2.08. The standard InChI is InChI=1S/C12H12Cl2N2O3S/c1-6(20(2,17)18)11-10(12(15)16-19-11)9-7(13)4-3-5-8(9)14/h3-6H,1-2H3,(H2,15,16). The smallest absolute Gasteiger partial charge is 0.175 e. The van der Waals surface area contributed by atoms with Crippen molar-refractivity contribution in [1.29, 1.82) is 0 Å². The van der Waals surface area contributed by atoms with Gasteiger partial charge in [-0.05, 0) is 19.1 Å². The van der Waals surface area contributed by atoms with Crippen molar-refractivity contribution >= 4 is 38.9 Å². The molecule has 0 aliphatic rings. The first-order valence-corrected chi connectivity index (χ1v) is 8.32. The Morgan fingerprint density at radius 3 is 2.30 bits per heavy atom. The van der Waals surface area contributed by atoms with Crippen LogP contribution in [0, 0.1) is 0 Å². The fourth-order valence-corrected chi connectivity index (χ4v) is 2.91. The van der Waals surface area contributed by atoms with Gasteiger partial charge in [-0.2, -0.15) is 0 Å². The van der Waals surface area contributed by atoms with Crippen molar-refractivity contribution in [3.8, 4) is 11.1 Å². The summed E-state index contributed by atoms with van der Waals surface area (Å²) in [6.45, 7) is 1.49. The van der Waals surface area contributed by atoms with Gasteiger partial charge in [-0.25, -0.2) is 8.42 Å². The molecule has 1 atom stereocenters. The van der Waals surface area contributed by atoms with Crippen LogP contribution in [-0.4, -0.2) is 19.8 Å². The zero-order chi connectivity index (χ0) is 15.1. The number of benzene rings is 1. The Morgan fingerprint density at radius 2 is 1.80 bits per heavy atom. The minimum absolute atomic E-state index is 0.0468. The first-order valence-electron chi connectivity index (χ1n) is 5.61. The van der Waals surface area contributed by atoms with Gasteiger partial charge in [0.2, 0.25) is 0 Å². The SMILES string of the molecule is CC(c1onc(N)c1-c1c(Cl)cccc1Cl)S(C)(=O)=O. The van der Waals surface area contributed by atoms with E-state index in [1.165, 1.54) is 6.92 Å². The summed E-state index contributed by atoms with van der Waals surface area (Å²) in [7, 11) is -3.37. The lowest BCUT2D eigenvalue weighted by molar-refractivity contribution is 0.385. The first-order chi connectivity index (χ1) is 9.23. The third-order valence-corrected chi connectivity index (χ3v) is 5.10. The molecule has 20 heavy (non-hydrogen) atoms. The zero-order valence-corrected chi connectivity index (χ0v) is 13.1. The van der Waals surface area contributed by atoms with Gasteiger partial charge >= 0.3 is 0 Å². The number of sulfone groups is 1. The average Bonchev–Trinajstić information content (AvgIpc) is 2.69. The quantitative estimate of drug-likeness (QED) is 0.930. The zero-order valence-electron chi connectivity index (χ0n) is 10.7. The number of hydrogen-bond donors (Lipinski definition) is 1. The van der Waals surface area contributed by atoms with Crippen LogP contribution in [-0.2, 0) is 9.84 Å². The molecule has 0 aliphatic heterocycles. The summed E-state index contributed by atoms with van der Waals surface area (Å²) in [6, 6.07) is 4.94. The second-order valence-corrected chi connectivity index (χ2v) is 7.56. The van der Waals surface area contributed by atoms with Crippen LogP contribution in [0.4, 0.5) is 5.82 Å². The van der Waals surface area contributed by atoms with Gasteiger partial charge in [0.25, 0.3) is 0 Å². The van der Waals surface area contributed by atoms with E-state index in [0.29, 0.717) is 21.2 Å². The molecule has 1 aromatic heterocycles. The molecule has 1 heterocycles. The molecule has 0 aliphatic carbocycles. The molecule has 2 N–H and O–H groups in total. The van der Waals surface area contributed by atoms with E-state index in [9.17, 15) is 8.42 Å². The number of halogens is 2. The predicted molar refractivity (Wildman–Crippen MR) is 79.6 cm³/mol. The number of hydrogen-bond acceptors (Lipinski definition) is 5. The van der Waals surface area contributed by atoms with Crippen LogP contribution in [0.5, 0.6) is 0 Å². The van der Waals surface area contributed by atoms with Crippen molar-refractivity contribution < 1.29 is 12.9 Å². The van der Waals surface area contributed by atoms with Crippen LogP contribution < -0.4 is 5.73 Å². The number of rotatable bonds is 3. The highest BCUT2D eigenvalue weighted by molar-refractivity contribution is 7.90. The molecule has 0 saturated carbocycles. The number of anilines is 1. The van der Waals surface area contributed by atoms with E-state index in [0.717, 1.165) is 6.26 Å². The molecule has 0 radical (unpaired) electrons. The third kappa shape index (κ3) is 2.63. The predicted octanol–water partition coefficient (Wildman–Crippen LogP) is 3.34. The summed E-state index contributed by atoms with van der Waals surface area (Å²) in [4.78, 5) is 0. The Kier molecular flexibility index (Phi) is 4.00. The second kappa shape index (κ2) is 5.27. The van der Waals surface area contributed by atoms with Gasteiger partial charge in [-0.15, -0.1) is 0 Å². The number of nitrogens with zero attached hydrogens (tertiary/aromatic N) is 1. The molecular formula is C12H12Cl2N2O3S. The van der Waals surface area contributed by atoms with E-state index in [-0.39, 0.29) is 11.6 Å². The van der Waals surface area contributed by atoms with E-state index in [4.69, 9.17) is 33.5 Å². The van der Waals surface area contributed by atoms with Gasteiger partial charge in [0.05, 0.1) is 15.6 Å². The minimum Gasteiger partial charge on any atom is -0.380 e. The molecule has 0 saturated heterocycles. The molecule has 0 amide bonds. The Hall–Kier alpha value is -1.24. The Bertz CT molecular complexity index is 736. The summed E-state index contributed by atoms with van der Waals surface area (Å²) in [5, 5.41) is 3.41. The topological polar surface area (TPSA) is 86.2 Å². The van der Waals surface area contributed by atoms with Crippen molar-refractivity contribution in [1.82, 2.24) is 5.16 Å². The Morgan fingerprint density at radius 1 is 1.25 bits per heavy atom. The van der Waals surface area contributed by atoms with Gasteiger partial charge in [-0.1, -0.05) is 34.4 Å². The average molecular weight is 335 g/mol. The van der Waals surface area contributed by atoms with E-state index >= 15 is 0 Å². The van der Waals surface area contributed by atoms with E-state index in [2.05, 4.69) is 5.16 Å². The van der Waals surface area contributed by atoms with Crippen LogP contribution in [0.15, 0.2) is 22.7 Å². The molecule has 1 unspecified atom stereocenters. The summed E-state index contributed by atoms with van der Waals surface area (Å²) in [5.74, 6) is 0.172. The van der Waals surface area contributed by atoms with Gasteiger partial charge < -0.3 is 10.3 Å². The lowest BCUT2D eigenvalue weighted by Gasteiger charge is -2.10. The Balaban J connectivity index is 2.73. The molecule has 5 nitrogen and oxygen atoms in total. The fraction of sp³-hybridized carbons (Fsp3) is 0.250. The van der Waals surface area contributed by atoms with Crippen LogP contribution in [0.25, 0.3) is 11.1 Å². The normalized spacial score (nSPS) is 13.4. The monoisotopic (exact) mass is 334 g/mol. The van der Waals surface area contributed by atoms with Gasteiger partial charge in [0, 0.05) is 11.8 Å². The van der Waals surface area contributed by atoms with Crippen LogP contribution in [0.2, 0.25) is 10.0 Å². The molecule has 0 spiro atoms. The second-order valence-electron chi connectivity index (χ2n) is 4.38. The molecule has 1 aromatic carbocycles. The van der Waals surface area contributed by atoms with Crippen LogP contribution in [0.1, 0.15) is 17.9 Å². The summed E-state index contributed by atoms with van der Waals surface area (Å²) in [5.41, 5.74) is 6.51. The third-order valence-electron chi connectivity index (χ3n) is 2.97. The summed E-state index contributed by atoms with van der Waals surface area (Å²) >= 11 is 12.2. The highest BCUT2D eigenvalue weighted by atomic mass is 35.5. The van der Waals surface area contributed by atoms with Gasteiger partial charge in [0.15, 0.2) is 21.4 Å². The number of nitrogens with two attached hydrogens (primary N) is 1. The van der Waals surface area contributed by atoms with E-state index in [1.54, 1.807) is 18.2 Å². The highest BCUT2D eigenvalue weighted by Crippen LogP contribution is 2.42. The van der Waals surface area contributed by atoms with Crippen molar-refractivity contribution in [3.05, 3.63) is 34.0 Å². The number of nitrogen functional groups attached to an aromatic ring is 1. The number of aromatic nitrogens is 1. The largest absolute Gasteiger partial charge is 0.380 e. The van der Waals surface area contributed by atoms with E-state index in [1.807, 2.05) is 0 Å². The minimum atomic E-state index is -3.37. The maximum absolute atomic E-state index is 11.7. The highest BCUT2D eigenvalue weighted by Gasteiger charge is 2.29. The van der Waals surface area contributed by atoms with Crippen molar-refractivity contribution in [2.24, 2.45) is 0 Å². The molecule has 2 rings (SSSR count). The molecule has 0 bridgehead atoms. The van der Waals surface area contributed by atoms with Gasteiger partial charge in [0.1, 0.15) is 5.25 Å². The van der Waals surface area contributed by atoms with Crippen molar-refractivity contribution in [2.45, 2.75) is 12.2 Å². The Labute approximate surface area is 126 Å². The molecular weight excluding hydrogens is 323 g/mol. The van der Waals surface area contributed by atoms with Crippen molar-refractivity contribution in [3.63, 3.8) is 0 Å². The van der Waals surface area contributed by atoms with Crippen LogP contribution >= 0.6 is 23.2 Å². The molecule has 0 fully saturated rings. The lowest BCUT2D eigenvalue weighted by atomic mass is 10.0. The molecule has 2 aromatic rings. The fourth-order valence-electron chi connectivity index (χ4n) is 1.78. The maximum Gasteiger partial charge on any atom is 0.175 e. The summed E-state index contributed by atoms with van der Waals surface area (Å²) < 4.78 is 28.5.